The number of fused-ring (bicyclic) bond motifs is 2. The number of aryl methyl sites for hydroxylation is 1. The molecule has 0 aromatic heterocycles. The number of hydrogen-bond acceptors (Lipinski definition) is 6. The lowest BCUT2D eigenvalue weighted by Crippen LogP contribution is -2.48. The number of para-hydroxylation sites is 1. The molecule has 2 heterocycles. The van der Waals surface area contributed by atoms with Gasteiger partial charge in [0, 0.05) is 29.3 Å². The van der Waals surface area contributed by atoms with Gasteiger partial charge in [-0.25, -0.2) is 4.79 Å². The summed E-state index contributed by atoms with van der Waals surface area (Å²) in [6.45, 7) is 1.31. The minimum Gasteiger partial charge on any atom is -0.493 e. The number of anilines is 1. The molecule has 1 fully saturated rings. The maximum absolute atomic E-state index is 13.1. The predicted molar refractivity (Wildman–Crippen MR) is 105 cm³/mol. The zero-order valence-electron chi connectivity index (χ0n) is 16.0. The van der Waals surface area contributed by atoms with Crippen molar-refractivity contribution in [2.75, 3.05) is 18.5 Å². The molecule has 2 aliphatic rings. The van der Waals surface area contributed by atoms with Gasteiger partial charge in [0.2, 0.25) is 5.91 Å². The van der Waals surface area contributed by atoms with Crippen LogP contribution in [0.3, 0.4) is 0 Å². The third kappa shape index (κ3) is 3.11. The highest BCUT2D eigenvalue weighted by molar-refractivity contribution is 6.10. The first-order chi connectivity index (χ1) is 14.3. The highest BCUT2D eigenvalue weighted by Gasteiger charge is 2.55. The Balaban J connectivity index is 1.53. The normalized spacial score (nSPS) is 19.8. The summed E-state index contributed by atoms with van der Waals surface area (Å²) in [7, 11) is 0. The van der Waals surface area contributed by atoms with Crippen LogP contribution in [0, 0.1) is 17.0 Å². The van der Waals surface area contributed by atoms with Gasteiger partial charge in [-0.3, -0.25) is 24.6 Å². The van der Waals surface area contributed by atoms with Crippen LogP contribution in [0.2, 0.25) is 0 Å². The fourth-order valence-corrected chi connectivity index (χ4v) is 3.74. The third-order valence-corrected chi connectivity index (χ3v) is 5.25. The van der Waals surface area contributed by atoms with Gasteiger partial charge >= 0.3 is 6.03 Å². The average molecular weight is 410 g/mol. The van der Waals surface area contributed by atoms with E-state index in [4.69, 9.17) is 4.74 Å². The van der Waals surface area contributed by atoms with Crippen LogP contribution in [-0.4, -0.2) is 40.8 Å². The molecule has 154 valence electrons. The number of nitro groups is 1. The fourth-order valence-electron chi connectivity index (χ4n) is 3.74. The van der Waals surface area contributed by atoms with E-state index in [0.29, 0.717) is 16.9 Å². The number of imide groups is 1. The molecule has 0 bridgehead atoms. The Hall–Kier alpha value is -3.95. The van der Waals surface area contributed by atoms with Crippen LogP contribution in [-0.2, 0) is 15.1 Å². The monoisotopic (exact) mass is 410 g/mol. The van der Waals surface area contributed by atoms with Gasteiger partial charge < -0.3 is 15.4 Å². The molecule has 10 nitrogen and oxygen atoms in total. The van der Waals surface area contributed by atoms with E-state index >= 15 is 0 Å². The number of benzene rings is 2. The van der Waals surface area contributed by atoms with Crippen LogP contribution in [0.1, 0.15) is 17.5 Å². The Morgan fingerprint density at radius 1 is 1.30 bits per heavy atom. The van der Waals surface area contributed by atoms with Crippen LogP contribution < -0.4 is 15.4 Å². The van der Waals surface area contributed by atoms with Crippen molar-refractivity contribution in [3.8, 4) is 5.75 Å². The second-order valence-electron chi connectivity index (χ2n) is 7.13. The van der Waals surface area contributed by atoms with Gasteiger partial charge in [0.05, 0.1) is 11.5 Å². The number of urea groups is 1. The SMILES string of the molecule is Cc1ccc(NC(=O)CN2C(=O)NC3(CCOc4ccccc43)C2=O)cc1[N+](=O)[O-]. The molecule has 2 aliphatic heterocycles. The van der Waals surface area contributed by atoms with E-state index in [2.05, 4.69) is 10.6 Å². The lowest BCUT2D eigenvalue weighted by Gasteiger charge is -2.33. The lowest BCUT2D eigenvalue weighted by atomic mass is 9.84. The summed E-state index contributed by atoms with van der Waals surface area (Å²) in [6, 6.07) is 10.5. The molecular weight excluding hydrogens is 392 g/mol. The van der Waals surface area contributed by atoms with E-state index < -0.39 is 34.9 Å². The summed E-state index contributed by atoms with van der Waals surface area (Å²) in [5, 5.41) is 16.3. The van der Waals surface area contributed by atoms with Gasteiger partial charge in [0.25, 0.3) is 11.6 Å². The lowest BCUT2D eigenvalue weighted by molar-refractivity contribution is -0.385. The Labute approximate surface area is 171 Å². The predicted octanol–water partition coefficient (Wildman–Crippen LogP) is 2.07. The van der Waals surface area contributed by atoms with Crippen molar-refractivity contribution < 1.29 is 24.0 Å². The van der Waals surface area contributed by atoms with Gasteiger partial charge in [0.1, 0.15) is 12.3 Å². The van der Waals surface area contributed by atoms with Crippen LogP contribution in [0.5, 0.6) is 5.75 Å². The third-order valence-electron chi connectivity index (χ3n) is 5.25. The fraction of sp³-hybridized carbons (Fsp3) is 0.250. The minimum atomic E-state index is -1.27. The molecule has 2 N–H and O–H groups in total. The topological polar surface area (TPSA) is 131 Å². The van der Waals surface area contributed by atoms with E-state index in [-0.39, 0.29) is 24.4 Å². The molecule has 4 amide bonds. The summed E-state index contributed by atoms with van der Waals surface area (Å²) in [5.41, 5.74) is -0.204. The molecular formula is C20H18N4O6. The highest BCUT2D eigenvalue weighted by Crippen LogP contribution is 2.40. The second kappa shape index (κ2) is 7.14. The van der Waals surface area contributed by atoms with E-state index in [1.807, 2.05) is 0 Å². The van der Waals surface area contributed by atoms with E-state index in [1.54, 1.807) is 31.2 Å². The molecule has 10 heteroatoms. The van der Waals surface area contributed by atoms with E-state index in [9.17, 15) is 24.5 Å². The largest absolute Gasteiger partial charge is 0.493 e. The Kier molecular flexibility index (Phi) is 4.61. The smallest absolute Gasteiger partial charge is 0.325 e. The number of nitrogens with zero attached hydrogens (tertiary/aromatic N) is 2. The quantitative estimate of drug-likeness (QED) is 0.451. The highest BCUT2D eigenvalue weighted by atomic mass is 16.6. The summed E-state index contributed by atoms with van der Waals surface area (Å²) in [4.78, 5) is 49.5. The second-order valence-corrected chi connectivity index (χ2v) is 7.13. The zero-order valence-corrected chi connectivity index (χ0v) is 16.0. The molecule has 30 heavy (non-hydrogen) atoms. The van der Waals surface area contributed by atoms with Crippen LogP contribution in [0.15, 0.2) is 42.5 Å². The number of carbonyl (C=O) groups is 3. The Morgan fingerprint density at radius 3 is 2.83 bits per heavy atom. The van der Waals surface area contributed by atoms with Crippen LogP contribution in [0.25, 0.3) is 0 Å². The number of nitro benzene ring substituents is 1. The van der Waals surface area contributed by atoms with Crippen molar-refractivity contribution in [2.24, 2.45) is 0 Å². The zero-order chi connectivity index (χ0) is 21.5. The number of amides is 4. The van der Waals surface area contributed by atoms with Crippen molar-refractivity contribution in [2.45, 2.75) is 18.9 Å². The number of hydrogen-bond donors (Lipinski definition) is 2. The molecule has 0 saturated carbocycles. The van der Waals surface area contributed by atoms with Gasteiger partial charge in [0.15, 0.2) is 5.54 Å². The van der Waals surface area contributed by atoms with Crippen molar-refractivity contribution in [3.05, 3.63) is 63.7 Å². The number of rotatable bonds is 4. The first kappa shape index (κ1) is 19.4. The Bertz CT molecular complexity index is 1080. The molecule has 1 atom stereocenters. The summed E-state index contributed by atoms with van der Waals surface area (Å²) < 4.78 is 5.57. The van der Waals surface area contributed by atoms with Crippen molar-refractivity contribution in [3.63, 3.8) is 0 Å². The van der Waals surface area contributed by atoms with Crippen LogP contribution >= 0.6 is 0 Å². The summed E-state index contributed by atoms with van der Waals surface area (Å²) >= 11 is 0. The standard InChI is InChI=1S/C20H18N4O6/c1-12-6-7-13(10-15(12)24(28)29)21-17(25)11-23-18(26)20(22-19(23)27)8-9-30-16-5-3-2-4-14(16)20/h2-7,10H,8-9,11H2,1H3,(H,21,25)(H,22,27). The van der Waals surface area contributed by atoms with Crippen molar-refractivity contribution >= 4 is 29.2 Å². The molecule has 2 aromatic rings. The van der Waals surface area contributed by atoms with Gasteiger partial charge in [-0.05, 0) is 19.1 Å². The maximum atomic E-state index is 13.1. The first-order valence-corrected chi connectivity index (χ1v) is 9.23. The molecule has 1 saturated heterocycles. The molecule has 2 aromatic carbocycles. The molecule has 1 unspecified atom stereocenters. The number of carbonyl (C=O) groups excluding carboxylic acids is 3. The van der Waals surface area contributed by atoms with Crippen molar-refractivity contribution in [1.29, 1.82) is 0 Å². The van der Waals surface area contributed by atoms with Gasteiger partial charge in [-0.15, -0.1) is 0 Å². The average Bonchev–Trinajstić information content (AvgIpc) is 2.94. The van der Waals surface area contributed by atoms with Crippen molar-refractivity contribution in [1.82, 2.24) is 10.2 Å². The van der Waals surface area contributed by atoms with Gasteiger partial charge in [-0.2, -0.15) is 0 Å². The molecule has 0 aliphatic carbocycles. The molecule has 1 spiro atoms. The molecule has 0 radical (unpaired) electrons. The van der Waals surface area contributed by atoms with E-state index in [1.165, 1.54) is 18.2 Å². The number of nitrogens with one attached hydrogen (secondary N) is 2. The summed E-state index contributed by atoms with van der Waals surface area (Å²) in [5.74, 6) is -0.669. The minimum absolute atomic E-state index is 0.138. The van der Waals surface area contributed by atoms with Gasteiger partial charge in [-0.1, -0.05) is 24.3 Å². The first-order valence-electron chi connectivity index (χ1n) is 9.23. The van der Waals surface area contributed by atoms with Crippen LogP contribution in [0.4, 0.5) is 16.2 Å². The van der Waals surface area contributed by atoms with E-state index in [0.717, 1.165) is 4.90 Å². The molecule has 4 rings (SSSR count). The summed E-state index contributed by atoms with van der Waals surface area (Å²) in [6.07, 6.45) is 0.247. The number of ether oxygens (including phenoxy) is 1. The Morgan fingerprint density at radius 2 is 2.07 bits per heavy atom. The maximum Gasteiger partial charge on any atom is 0.325 e.